The smallest absolute Gasteiger partial charge is 0.337 e. The number of halogens is 2. The van der Waals surface area contributed by atoms with Crippen LogP contribution in [0.5, 0.6) is 0 Å². The number of ether oxygens (including phenoxy) is 1. The van der Waals surface area contributed by atoms with Crippen molar-refractivity contribution in [2.45, 2.75) is 33.2 Å². The number of hydrogen-bond acceptors (Lipinski definition) is 3. The minimum Gasteiger partial charge on any atom is -0.465 e. The van der Waals surface area contributed by atoms with Gasteiger partial charge in [-0.15, -0.1) is 0 Å². The Balaban J connectivity index is 1.86. The third-order valence-corrected chi connectivity index (χ3v) is 5.49. The first kappa shape index (κ1) is 19.3. The van der Waals surface area contributed by atoms with E-state index in [2.05, 4.69) is 0 Å². The van der Waals surface area contributed by atoms with Gasteiger partial charge in [-0.2, -0.15) is 0 Å². The van der Waals surface area contributed by atoms with Crippen LogP contribution < -0.4 is 0 Å². The largest absolute Gasteiger partial charge is 0.465 e. The number of nitrogens with zero attached hydrogens (tertiary/aromatic N) is 1. The number of rotatable bonds is 3. The third kappa shape index (κ3) is 3.33. The van der Waals surface area contributed by atoms with Crippen LogP contribution in [-0.4, -0.2) is 23.4 Å². The fraction of sp³-hybridized carbons (Fsp3) is 0.304. The second kappa shape index (κ2) is 6.79. The lowest BCUT2D eigenvalue weighted by Crippen LogP contribution is -2.28. The molecule has 0 amide bonds. The summed E-state index contributed by atoms with van der Waals surface area (Å²) in [5.41, 5.74) is 2.85. The Morgan fingerprint density at radius 1 is 1.10 bits per heavy atom. The second-order valence-corrected chi connectivity index (χ2v) is 8.32. The van der Waals surface area contributed by atoms with Crippen LogP contribution in [0.2, 0.25) is 0 Å². The molecule has 1 heterocycles. The zero-order valence-corrected chi connectivity index (χ0v) is 16.5. The molecular formula is C23H21F2NO3. The number of hydrogen-bond donors (Lipinski definition) is 0. The van der Waals surface area contributed by atoms with Gasteiger partial charge in [-0.3, -0.25) is 4.79 Å². The summed E-state index contributed by atoms with van der Waals surface area (Å²) in [6, 6.07) is 9.19. The zero-order valence-electron chi connectivity index (χ0n) is 16.5. The first-order valence-corrected chi connectivity index (χ1v) is 9.41. The molecule has 0 unspecified atom stereocenters. The maximum absolute atomic E-state index is 14.0. The third-order valence-electron chi connectivity index (χ3n) is 5.49. The Kier molecular flexibility index (Phi) is 4.52. The van der Waals surface area contributed by atoms with Crippen molar-refractivity contribution < 1.29 is 23.1 Å². The molecule has 1 aliphatic carbocycles. The Labute approximate surface area is 167 Å². The number of Topliss-reactive ketones (excluding diaryl/α,β-unsaturated/α-hetero) is 1. The molecule has 1 aliphatic rings. The van der Waals surface area contributed by atoms with Gasteiger partial charge < -0.3 is 9.30 Å². The molecule has 0 aliphatic heterocycles. The van der Waals surface area contributed by atoms with Gasteiger partial charge in [0.1, 0.15) is 0 Å². The fourth-order valence-electron chi connectivity index (χ4n) is 4.16. The molecule has 0 bridgehead atoms. The van der Waals surface area contributed by atoms with E-state index in [-0.39, 0.29) is 11.2 Å². The molecule has 3 aromatic rings. The second-order valence-electron chi connectivity index (χ2n) is 8.32. The van der Waals surface area contributed by atoms with Gasteiger partial charge in [0, 0.05) is 35.7 Å². The van der Waals surface area contributed by atoms with Gasteiger partial charge in [-0.05, 0) is 35.6 Å². The minimum absolute atomic E-state index is 0.0490. The summed E-state index contributed by atoms with van der Waals surface area (Å²) in [7, 11) is 1.32. The van der Waals surface area contributed by atoms with Crippen LogP contribution in [0.1, 0.15) is 52.2 Å². The van der Waals surface area contributed by atoms with Crippen molar-refractivity contribution in [3.05, 3.63) is 70.4 Å². The molecule has 150 valence electrons. The predicted octanol–water partition coefficient (Wildman–Crippen LogP) is 4.91. The number of carbonyl (C=O) groups excluding carboxylic acids is 2. The van der Waals surface area contributed by atoms with E-state index >= 15 is 0 Å². The Hall–Kier alpha value is -3.02. The first-order chi connectivity index (χ1) is 13.7. The molecule has 4 nitrogen and oxygen atoms in total. The van der Waals surface area contributed by atoms with Crippen LogP contribution in [0.4, 0.5) is 8.78 Å². The van der Waals surface area contributed by atoms with Crippen LogP contribution in [0.25, 0.3) is 10.9 Å². The Morgan fingerprint density at radius 3 is 2.41 bits per heavy atom. The van der Waals surface area contributed by atoms with E-state index in [1.54, 1.807) is 24.3 Å². The van der Waals surface area contributed by atoms with Gasteiger partial charge in [0.2, 0.25) is 0 Å². The van der Waals surface area contributed by atoms with Crippen molar-refractivity contribution >= 4 is 22.7 Å². The zero-order chi connectivity index (χ0) is 20.9. The molecule has 0 spiro atoms. The quantitative estimate of drug-likeness (QED) is 0.590. The number of aromatic nitrogens is 1. The van der Waals surface area contributed by atoms with E-state index in [4.69, 9.17) is 4.74 Å². The van der Waals surface area contributed by atoms with Crippen molar-refractivity contribution in [3.63, 3.8) is 0 Å². The molecule has 6 heteroatoms. The van der Waals surface area contributed by atoms with E-state index < -0.39 is 17.6 Å². The molecule has 0 radical (unpaired) electrons. The normalized spacial score (nSPS) is 15.4. The number of ketones is 1. The number of methoxy groups -OCH3 is 1. The van der Waals surface area contributed by atoms with Crippen molar-refractivity contribution in [2.24, 2.45) is 5.41 Å². The minimum atomic E-state index is -0.961. The fourth-order valence-corrected chi connectivity index (χ4v) is 4.16. The lowest BCUT2D eigenvalue weighted by atomic mass is 9.75. The molecule has 0 fully saturated rings. The molecule has 4 rings (SSSR count). The van der Waals surface area contributed by atoms with Gasteiger partial charge >= 0.3 is 5.97 Å². The SMILES string of the molecule is COC(=O)c1ccc(Cn2c3c(c4cc(F)c(F)cc42)C(=O)CC(C)(C)C3)cc1. The van der Waals surface area contributed by atoms with Crippen LogP contribution in [0.15, 0.2) is 36.4 Å². The van der Waals surface area contributed by atoms with Crippen molar-refractivity contribution in [1.29, 1.82) is 0 Å². The average Bonchev–Trinajstić information content (AvgIpc) is 2.94. The van der Waals surface area contributed by atoms with Crippen LogP contribution >= 0.6 is 0 Å². The molecular weight excluding hydrogens is 376 g/mol. The molecule has 0 atom stereocenters. The number of benzene rings is 2. The number of esters is 1. The predicted molar refractivity (Wildman–Crippen MR) is 105 cm³/mol. The summed E-state index contributed by atoms with van der Waals surface area (Å²) in [6.07, 6.45) is 0.998. The van der Waals surface area contributed by atoms with E-state index in [1.165, 1.54) is 7.11 Å². The highest BCUT2D eigenvalue weighted by Gasteiger charge is 2.35. The summed E-state index contributed by atoms with van der Waals surface area (Å²) in [4.78, 5) is 24.5. The average molecular weight is 397 g/mol. The van der Waals surface area contributed by atoms with Crippen molar-refractivity contribution in [1.82, 2.24) is 4.57 Å². The summed E-state index contributed by atoms with van der Waals surface area (Å²) in [5.74, 6) is -2.38. The van der Waals surface area contributed by atoms with Gasteiger partial charge in [0.15, 0.2) is 17.4 Å². The number of carbonyl (C=O) groups is 2. The van der Waals surface area contributed by atoms with Gasteiger partial charge in [-0.25, -0.2) is 13.6 Å². The van der Waals surface area contributed by atoms with Crippen LogP contribution in [-0.2, 0) is 17.7 Å². The maximum atomic E-state index is 14.0. The van der Waals surface area contributed by atoms with E-state index in [0.717, 1.165) is 23.4 Å². The Bertz CT molecular complexity index is 1140. The lowest BCUT2D eigenvalue weighted by Gasteiger charge is -2.30. The van der Waals surface area contributed by atoms with Gasteiger partial charge in [0.25, 0.3) is 0 Å². The molecule has 0 saturated heterocycles. The first-order valence-electron chi connectivity index (χ1n) is 9.41. The summed E-state index contributed by atoms with van der Waals surface area (Å²) >= 11 is 0. The molecule has 0 saturated carbocycles. The van der Waals surface area contributed by atoms with Crippen molar-refractivity contribution in [3.8, 4) is 0 Å². The van der Waals surface area contributed by atoms with Gasteiger partial charge in [-0.1, -0.05) is 26.0 Å². The van der Waals surface area contributed by atoms with E-state index in [0.29, 0.717) is 41.4 Å². The Morgan fingerprint density at radius 2 is 1.76 bits per heavy atom. The lowest BCUT2D eigenvalue weighted by molar-refractivity contribution is 0.0600. The molecule has 1 aromatic heterocycles. The highest BCUT2D eigenvalue weighted by molar-refractivity contribution is 6.10. The summed E-state index contributed by atoms with van der Waals surface area (Å²) in [5, 5.41) is 0.450. The summed E-state index contributed by atoms with van der Waals surface area (Å²) < 4.78 is 34.6. The van der Waals surface area contributed by atoms with Crippen LogP contribution in [0, 0.1) is 17.0 Å². The highest BCUT2D eigenvalue weighted by atomic mass is 19.2. The standard InChI is InChI=1S/C23H21F2NO3/c1-23(2)10-19-21(20(27)11-23)15-8-16(24)17(25)9-18(15)26(19)12-13-4-6-14(7-5-13)22(28)29-3/h4-9H,10-12H2,1-3H3. The van der Waals surface area contributed by atoms with Crippen LogP contribution in [0.3, 0.4) is 0 Å². The van der Waals surface area contributed by atoms with Crippen molar-refractivity contribution in [2.75, 3.05) is 7.11 Å². The van der Waals surface area contributed by atoms with E-state index in [9.17, 15) is 18.4 Å². The monoisotopic (exact) mass is 397 g/mol. The highest BCUT2D eigenvalue weighted by Crippen LogP contribution is 2.40. The number of fused-ring (bicyclic) bond motifs is 3. The molecule has 0 N–H and O–H groups in total. The van der Waals surface area contributed by atoms with E-state index in [1.807, 2.05) is 18.4 Å². The summed E-state index contributed by atoms with van der Waals surface area (Å²) in [6.45, 7) is 4.41. The maximum Gasteiger partial charge on any atom is 0.337 e. The van der Waals surface area contributed by atoms with Gasteiger partial charge in [0.05, 0.1) is 18.2 Å². The molecule has 29 heavy (non-hydrogen) atoms. The molecule has 2 aromatic carbocycles. The topological polar surface area (TPSA) is 48.3 Å².